The zero-order valence-corrected chi connectivity index (χ0v) is 29.2. The van der Waals surface area contributed by atoms with E-state index in [0.29, 0.717) is 24.5 Å². The number of aliphatic hydroxyl groups is 1. The van der Waals surface area contributed by atoms with Crippen LogP contribution in [-0.4, -0.2) is 102 Å². The Morgan fingerprint density at radius 1 is 1.15 bits per heavy atom. The van der Waals surface area contributed by atoms with Crippen molar-refractivity contribution in [3.63, 3.8) is 0 Å². The minimum absolute atomic E-state index is 0.0515. The Kier molecular flexibility index (Phi) is 13.1. The van der Waals surface area contributed by atoms with Gasteiger partial charge in [0.05, 0.1) is 36.7 Å². The predicted octanol–water partition coefficient (Wildman–Crippen LogP) is 3.99. The summed E-state index contributed by atoms with van der Waals surface area (Å²) in [6.07, 6.45) is 9.67. The van der Waals surface area contributed by atoms with Crippen molar-refractivity contribution in [3.05, 3.63) is 36.3 Å². The average Bonchev–Trinajstić information content (AvgIpc) is 3.49. The van der Waals surface area contributed by atoms with Gasteiger partial charge in [0.1, 0.15) is 5.75 Å². The van der Waals surface area contributed by atoms with E-state index in [-0.39, 0.29) is 60.3 Å². The van der Waals surface area contributed by atoms with Crippen LogP contribution >= 0.6 is 0 Å². The minimum Gasteiger partial charge on any atom is -0.490 e. The molecule has 0 saturated heterocycles. The van der Waals surface area contributed by atoms with E-state index in [4.69, 9.17) is 9.47 Å². The molecule has 2 aliphatic rings. The molecule has 1 aliphatic carbocycles. The Bertz CT molecular complexity index is 1440. The quantitative estimate of drug-likeness (QED) is 0.379. The van der Waals surface area contributed by atoms with Crippen LogP contribution in [0.25, 0.3) is 0 Å². The molecule has 0 radical (unpaired) electrons. The number of fused-ring (bicyclic) bond motifs is 1. The fourth-order valence-corrected chi connectivity index (χ4v) is 7.24. The van der Waals surface area contributed by atoms with Gasteiger partial charge in [0.25, 0.3) is 15.9 Å². The van der Waals surface area contributed by atoms with Gasteiger partial charge in [0.2, 0.25) is 0 Å². The van der Waals surface area contributed by atoms with Crippen LogP contribution in [0.5, 0.6) is 5.75 Å². The lowest BCUT2D eigenvalue weighted by Gasteiger charge is -2.35. The highest BCUT2D eigenvalue weighted by molar-refractivity contribution is 7.89. The molecule has 1 fully saturated rings. The number of amides is 3. The van der Waals surface area contributed by atoms with Gasteiger partial charge in [-0.3, -0.25) is 4.79 Å². The van der Waals surface area contributed by atoms with E-state index >= 15 is 0 Å². The Balaban J connectivity index is 1.60. The number of aromatic nitrogens is 2. The van der Waals surface area contributed by atoms with Crippen LogP contribution in [0.4, 0.5) is 10.5 Å². The second kappa shape index (κ2) is 16.8. The Morgan fingerprint density at radius 3 is 2.55 bits per heavy atom. The molecule has 4 rings (SSSR count). The van der Waals surface area contributed by atoms with E-state index in [1.165, 1.54) is 30.3 Å². The SMILES string of the molecule is C[C@H]1CCCCO[C@@H](CN(C)S(=O)(=O)c2cn(C)cn2)[C@@H](C)CN([C@@H](C)CO)C(=O)c2cc(NC(=O)NC3CCCCC3)ccc2O1. The summed E-state index contributed by atoms with van der Waals surface area (Å²) in [5.41, 5.74) is 0.721. The second-order valence-electron chi connectivity index (χ2n) is 13.1. The number of ether oxygens (including phenoxy) is 2. The van der Waals surface area contributed by atoms with Crippen molar-refractivity contribution in [2.75, 3.05) is 38.7 Å². The third-order valence-electron chi connectivity index (χ3n) is 9.04. The third kappa shape index (κ3) is 9.91. The number of aryl methyl sites for hydroxylation is 1. The van der Waals surface area contributed by atoms with Crippen molar-refractivity contribution in [2.24, 2.45) is 13.0 Å². The normalized spacial score (nSPS) is 23.0. The summed E-state index contributed by atoms with van der Waals surface area (Å²) in [6.45, 7) is 5.97. The molecule has 13 nitrogen and oxygen atoms in total. The molecule has 1 aromatic carbocycles. The summed E-state index contributed by atoms with van der Waals surface area (Å²) in [4.78, 5) is 32.8. The molecule has 1 aromatic heterocycles. The van der Waals surface area contributed by atoms with E-state index in [9.17, 15) is 23.1 Å². The molecule has 262 valence electrons. The molecule has 3 N–H and O–H groups in total. The molecule has 2 aromatic rings. The number of urea groups is 1. The average molecular weight is 677 g/mol. The number of carbonyl (C=O) groups is 2. The van der Waals surface area contributed by atoms with E-state index in [1.54, 1.807) is 41.6 Å². The molecule has 0 unspecified atom stereocenters. The highest BCUT2D eigenvalue weighted by Crippen LogP contribution is 2.29. The van der Waals surface area contributed by atoms with Crippen LogP contribution in [0.2, 0.25) is 0 Å². The lowest BCUT2D eigenvalue weighted by atomic mass is 9.96. The first-order valence-corrected chi connectivity index (χ1v) is 18.2. The Morgan fingerprint density at radius 2 is 1.87 bits per heavy atom. The first-order valence-electron chi connectivity index (χ1n) is 16.7. The molecular weight excluding hydrogens is 624 g/mol. The number of rotatable bonds is 8. The summed E-state index contributed by atoms with van der Waals surface area (Å²) in [6, 6.07) is 4.30. The lowest BCUT2D eigenvalue weighted by Crippen LogP contribution is -2.48. The fraction of sp³-hybridized carbons (Fsp3) is 0.667. The summed E-state index contributed by atoms with van der Waals surface area (Å²) < 4.78 is 42.0. The van der Waals surface area contributed by atoms with Crippen LogP contribution in [0, 0.1) is 5.92 Å². The number of benzene rings is 1. The van der Waals surface area contributed by atoms with E-state index in [2.05, 4.69) is 15.6 Å². The van der Waals surface area contributed by atoms with Crippen molar-refractivity contribution in [3.8, 4) is 5.75 Å². The number of sulfonamides is 1. The summed E-state index contributed by atoms with van der Waals surface area (Å²) in [7, 11) is -0.669. The summed E-state index contributed by atoms with van der Waals surface area (Å²) in [5, 5.41) is 16.1. The zero-order chi connectivity index (χ0) is 34.1. The van der Waals surface area contributed by atoms with Crippen molar-refractivity contribution in [1.82, 2.24) is 24.1 Å². The number of aliphatic hydroxyl groups excluding tert-OH is 1. The zero-order valence-electron chi connectivity index (χ0n) is 28.4. The van der Waals surface area contributed by atoms with Crippen LogP contribution in [0.1, 0.15) is 82.5 Å². The molecule has 3 amide bonds. The highest BCUT2D eigenvalue weighted by atomic mass is 32.2. The van der Waals surface area contributed by atoms with E-state index in [0.717, 1.165) is 38.5 Å². The number of likely N-dealkylation sites (N-methyl/N-ethyl adjacent to an activating group) is 1. The van der Waals surface area contributed by atoms with Gasteiger partial charge in [0, 0.05) is 57.6 Å². The third-order valence-corrected chi connectivity index (χ3v) is 10.8. The number of hydrogen-bond acceptors (Lipinski definition) is 8. The molecule has 1 aliphatic heterocycles. The largest absolute Gasteiger partial charge is 0.490 e. The van der Waals surface area contributed by atoms with E-state index in [1.807, 2.05) is 13.8 Å². The molecule has 1 saturated carbocycles. The summed E-state index contributed by atoms with van der Waals surface area (Å²) >= 11 is 0. The van der Waals surface area contributed by atoms with Gasteiger partial charge in [0.15, 0.2) is 5.03 Å². The van der Waals surface area contributed by atoms with Crippen LogP contribution in [-0.2, 0) is 21.8 Å². The first kappa shape index (κ1) is 36.6. The molecular formula is C33H52N6O7S. The van der Waals surface area contributed by atoms with Crippen molar-refractivity contribution >= 4 is 27.6 Å². The van der Waals surface area contributed by atoms with Gasteiger partial charge >= 0.3 is 6.03 Å². The van der Waals surface area contributed by atoms with Crippen LogP contribution in [0.3, 0.4) is 0 Å². The summed E-state index contributed by atoms with van der Waals surface area (Å²) in [5.74, 6) is -0.292. The number of carbonyl (C=O) groups excluding carboxylic acids is 2. The molecule has 0 bridgehead atoms. The monoisotopic (exact) mass is 676 g/mol. The maximum Gasteiger partial charge on any atom is 0.319 e. The smallest absolute Gasteiger partial charge is 0.319 e. The van der Waals surface area contributed by atoms with Crippen LogP contribution < -0.4 is 15.4 Å². The second-order valence-corrected chi connectivity index (χ2v) is 15.1. The fourth-order valence-electron chi connectivity index (χ4n) is 6.10. The van der Waals surface area contributed by atoms with Gasteiger partial charge in [-0.05, 0) is 64.2 Å². The molecule has 2 heterocycles. The number of hydrogen-bond donors (Lipinski definition) is 3. The van der Waals surface area contributed by atoms with Gasteiger partial charge < -0.3 is 34.7 Å². The molecule has 14 heteroatoms. The maximum absolute atomic E-state index is 14.3. The maximum atomic E-state index is 14.3. The number of nitrogens with zero attached hydrogens (tertiary/aromatic N) is 4. The number of imidazole rings is 1. The van der Waals surface area contributed by atoms with Crippen molar-refractivity contribution in [1.29, 1.82) is 0 Å². The van der Waals surface area contributed by atoms with Crippen molar-refractivity contribution < 1.29 is 32.6 Å². The molecule has 4 atom stereocenters. The van der Waals surface area contributed by atoms with Gasteiger partial charge in [-0.15, -0.1) is 0 Å². The van der Waals surface area contributed by atoms with Gasteiger partial charge in [-0.2, -0.15) is 4.31 Å². The van der Waals surface area contributed by atoms with Gasteiger partial charge in [-0.1, -0.05) is 26.2 Å². The van der Waals surface area contributed by atoms with Crippen LogP contribution in [0.15, 0.2) is 35.7 Å². The number of anilines is 1. The standard InChI is InChI=1S/C33H52N6O7S/c1-23-18-39(24(2)21-40)32(41)28-17-27(36-33(42)35-26-12-7-6-8-13-26)14-15-29(28)46-25(3)11-9-10-16-45-30(23)19-38(5)47(43,44)31-20-37(4)22-34-31/h14-15,17,20,22-26,30,40H,6-13,16,18-19,21H2,1-5H3,(H2,35,36,42)/t23-,24-,25-,30-/m0/s1. The highest BCUT2D eigenvalue weighted by Gasteiger charge is 2.33. The van der Waals surface area contributed by atoms with Crippen molar-refractivity contribution in [2.45, 2.75) is 101 Å². The van der Waals surface area contributed by atoms with E-state index < -0.39 is 22.2 Å². The topological polar surface area (TPSA) is 155 Å². The minimum atomic E-state index is -3.87. The molecule has 47 heavy (non-hydrogen) atoms. The Labute approximate surface area is 279 Å². The first-order chi connectivity index (χ1) is 22.4. The van der Waals surface area contributed by atoms with Gasteiger partial charge in [-0.25, -0.2) is 18.2 Å². The predicted molar refractivity (Wildman–Crippen MR) is 179 cm³/mol. The lowest BCUT2D eigenvalue weighted by molar-refractivity contribution is -0.00835. The Hall–Kier alpha value is -3.20. The molecule has 0 spiro atoms. The number of nitrogens with one attached hydrogen (secondary N) is 2.